The highest BCUT2D eigenvalue weighted by Crippen LogP contribution is 2.76. The summed E-state index contributed by atoms with van der Waals surface area (Å²) in [4.78, 5) is 30.5. The fourth-order valence-electron chi connectivity index (χ4n) is 8.69. The molecule has 1 aromatic carbocycles. The van der Waals surface area contributed by atoms with Crippen molar-refractivity contribution in [2.45, 2.75) is 60.8 Å². The van der Waals surface area contributed by atoms with Crippen molar-refractivity contribution in [2.75, 3.05) is 32.2 Å². The average Bonchev–Trinajstić information content (AvgIpc) is 3.33. The van der Waals surface area contributed by atoms with Crippen LogP contribution in [0.2, 0.25) is 0 Å². The second-order valence-corrected chi connectivity index (χ2v) is 9.84. The summed E-state index contributed by atoms with van der Waals surface area (Å²) in [6, 6.07) is 7.58. The van der Waals surface area contributed by atoms with Gasteiger partial charge in [-0.25, -0.2) is 9.59 Å². The van der Waals surface area contributed by atoms with Crippen LogP contribution in [0.5, 0.6) is 0 Å². The van der Waals surface area contributed by atoms with E-state index >= 15 is 0 Å². The molecule has 3 aliphatic carbocycles. The number of hydrogen-bond donors (Lipinski definition) is 2. The maximum Gasteiger partial charge on any atom is 0.414 e. The SMILES string of the molecule is COC(=O)N1c2ccccc2[C@@]23CCN4CCC[C@]5(CC[C@]12[C@](O)(C(=O)OC)[C@H]5O)[C@H]43. The van der Waals surface area contributed by atoms with Crippen LogP contribution >= 0.6 is 0 Å². The van der Waals surface area contributed by atoms with Gasteiger partial charge in [0.15, 0.2) is 0 Å². The highest BCUT2D eigenvalue weighted by Gasteiger charge is 2.89. The quantitative estimate of drug-likeness (QED) is 0.648. The Morgan fingerprint density at radius 3 is 2.58 bits per heavy atom. The zero-order chi connectivity index (χ0) is 21.8. The summed E-state index contributed by atoms with van der Waals surface area (Å²) < 4.78 is 10.3. The maximum absolute atomic E-state index is 13.4. The molecule has 3 spiro atoms. The molecule has 2 saturated heterocycles. The van der Waals surface area contributed by atoms with Crippen LogP contribution in [0, 0.1) is 5.41 Å². The van der Waals surface area contributed by atoms with Gasteiger partial charge >= 0.3 is 12.1 Å². The summed E-state index contributed by atoms with van der Waals surface area (Å²) in [6.07, 6.45) is 1.35. The number of amides is 1. The number of aliphatic hydroxyl groups is 2. The lowest BCUT2D eigenvalue weighted by atomic mass is 9.36. The largest absolute Gasteiger partial charge is 0.467 e. The maximum atomic E-state index is 13.4. The number of benzene rings is 1. The molecular weight excluding hydrogens is 400 g/mol. The van der Waals surface area contributed by atoms with Crippen LogP contribution in [-0.4, -0.2) is 77.8 Å². The molecule has 2 N–H and O–H groups in total. The molecule has 31 heavy (non-hydrogen) atoms. The normalized spacial score (nSPS) is 44.5. The van der Waals surface area contributed by atoms with E-state index in [1.807, 2.05) is 24.3 Å². The number of carbonyl (C=O) groups is 2. The molecule has 5 fully saturated rings. The number of anilines is 1. The van der Waals surface area contributed by atoms with E-state index in [9.17, 15) is 19.8 Å². The third kappa shape index (κ3) is 1.69. The molecule has 0 unspecified atom stereocenters. The minimum atomic E-state index is -2.27. The number of para-hydroxylation sites is 1. The average molecular weight is 428 g/mol. The van der Waals surface area contributed by atoms with Crippen molar-refractivity contribution in [1.29, 1.82) is 0 Å². The minimum absolute atomic E-state index is 0.0711. The summed E-state index contributed by atoms with van der Waals surface area (Å²) >= 11 is 0. The standard InChI is InChI=1S/C23H28N2O6/c1-30-18(27)23(29)17(26)20-8-5-12-24-13-11-21(16(20)24)14-6-3-4-7-15(14)25(19(28)31-2)22(21,23)10-9-20/h3-4,6-7,16-17,26,29H,5,8-13H2,1-2H3/t16-,17-,20-,21+,22-,23+/m0/s1. The van der Waals surface area contributed by atoms with Gasteiger partial charge in [-0.1, -0.05) is 18.2 Å². The molecule has 1 aromatic rings. The smallest absolute Gasteiger partial charge is 0.414 e. The van der Waals surface area contributed by atoms with Gasteiger partial charge in [0.05, 0.1) is 19.9 Å². The molecule has 3 saturated carbocycles. The van der Waals surface area contributed by atoms with Gasteiger partial charge in [-0.05, 0) is 56.8 Å². The third-order valence-electron chi connectivity index (χ3n) is 9.38. The van der Waals surface area contributed by atoms with Crippen LogP contribution in [0.1, 0.15) is 37.7 Å². The molecule has 2 bridgehead atoms. The first-order chi connectivity index (χ1) is 14.9. The van der Waals surface area contributed by atoms with Crippen LogP contribution < -0.4 is 4.90 Å². The Hall–Kier alpha value is -2.16. The van der Waals surface area contributed by atoms with Crippen LogP contribution in [0.25, 0.3) is 0 Å². The van der Waals surface area contributed by atoms with Crippen molar-refractivity contribution in [3.05, 3.63) is 29.8 Å². The summed E-state index contributed by atoms with van der Waals surface area (Å²) in [5.41, 5.74) is -3.39. The van der Waals surface area contributed by atoms with Gasteiger partial charge in [0.2, 0.25) is 5.60 Å². The molecule has 6 aliphatic rings. The van der Waals surface area contributed by atoms with E-state index in [2.05, 4.69) is 4.90 Å². The van der Waals surface area contributed by atoms with Gasteiger partial charge in [0.1, 0.15) is 11.6 Å². The second-order valence-electron chi connectivity index (χ2n) is 9.84. The summed E-state index contributed by atoms with van der Waals surface area (Å²) in [6.45, 7) is 1.70. The van der Waals surface area contributed by atoms with Gasteiger partial charge in [-0.2, -0.15) is 0 Å². The van der Waals surface area contributed by atoms with Gasteiger partial charge in [-0.15, -0.1) is 0 Å². The number of aliphatic hydroxyl groups excluding tert-OH is 1. The lowest BCUT2D eigenvalue weighted by Gasteiger charge is -2.73. The Kier molecular flexibility index (Phi) is 3.65. The Morgan fingerprint density at radius 2 is 1.84 bits per heavy atom. The molecule has 8 nitrogen and oxygen atoms in total. The monoisotopic (exact) mass is 428 g/mol. The van der Waals surface area contributed by atoms with Gasteiger partial charge < -0.3 is 19.7 Å². The predicted molar refractivity (Wildman–Crippen MR) is 110 cm³/mol. The number of piperidine rings is 1. The van der Waals surface area contributed by atoms with Crippen LogP contribution in [-0.2, 0) is 19.7 Å². The topological polar surface area (TPSA) is 99.5 Å². The lowest BCUT2D eigenvalue weighted by molar-refractivity contribution is -0.280. The number of nitrogens with zero attached hydrogens (tertiary/aromatic N) is 2. The van der Waals surface area contributed by atoms with E-state index in [0.29, 0.717) is 24.9 Å². The first-order valence-corrected chi connectivity index (χ1v) is 11.1. The fraction of sp³-hybridized carbons (Fsp3) is 0.652. The number of rotatable bonds is 1. The molecule has 3 aliphatic heterocycles. The van der Waals surface area contributed by atoms with Crippen LogP contribution in [0.3, 0.4) is 0 Å². The Bertz CT molecular complexity index is 1000. The van der Waals surface area contributed by atoms with Crippen molar-refractivity contribution in [3.8, 4) is 0 Å². The van der Waals surface area contributed by atoms with E-state index in [4.69, 9.17) is 9.47 Å². The lowest BCUT2D eigenvalue weighted by Crippen LogP contribution is -2.91. The Morgan fingerprint density at radius 1 is 1.06 bits per heavy atom. The van der Waals surface area contributed by atoms with Crippen molar-refractivity contribution in [2.24, 2.45) is 5.41 Å². The highest BCUT2D eigenvalue weighted by atomic mass is 16.6. The van der Waals surface area contributed by atoms with Gasteiger partial charge in [0.25, 0.3) is 0 Å². The number of hydrogen-bond acceptors (Lipinski definition) is 7. The predicted octanol–water partition coefficient (Wildman–Crippen LogP) is 1.18. The number of ether oxygens (including phenoxy) is 2. The van der Waals surface area contributed by atoms with Crippen molar-refractivity contribution < 1.29 is 29.3 Å². The molecule has 166 valence electrons. The number of fused-ring (bicyclic) bond motifs is 3. The summed E-state index contributed by atoms with van der Waals surface area (Å²) in [5.74, 6) is -0.886. The molecule has 7 rings (SSSR count). The minimum Gasteiger partial charge on any atom is -0.467 e. The molecule has 8 heteroatoms. The molecular formula is C23H28N2O6. The van der Waals surface area contributed by atoms with Crippen molar-refractivity contribution >= 4 is 17.7 Å². The van der Waals surface area contributed by atoms with E-state index in [-0.39, 0.29) is 6.04 Å². The fourth-order valence-corrected chi connectivity index (χ4v) is 8.69. The summed E-state index contributed by atoms with van der Waals surface area (Å²) in [5, 5.41) is 24.1. The zero-order valence-electron chi connectivity index (χ0n) is 17.8. The number of carbonyl (C=O) groups excluding carboxylic acids is 2. The van der Waals surface area contributed by atoms with E-state index in [0.717, 1.165) is 31.5 Å². The van der Waals surface area contributed by atoms with Gasteiger partial charge in [-0.3, -0.25) is 9.80 Å². The van der Waals surface area contributed by atoms with E-state index in [1.54, 1.807) is 0 Å². The zero-order valence-corrected chi connectivity index (χ0v) is 17.8. The molecule has 6 atom stereocenters. The first kappa shape index (κ1) is 19.5. The van der Waals surface area contributed by atoms with E-state index in [1.165, 1.54) is 19.1 Å². The van der Waals surface area contributed by atoms with Crippen molar-refractivity contribution in [3.63, 3.8) is 0 Å². The molecule has 0 radical (unpaired) electrons. The van der Waals surface area contributed by atoms with E-state index < -0.39 is 40.1 Å². The Balaban J connectivity index is 1.76. The highest BCUT2D eigenvalue weighted by molar-refractivity contribution is 5.99. The summed E-state index contributed by atoms with van der Waals surface area (Å²) in [7, 11) is 2.53. The van der Waals surface area contributed by atoms with Crippen molar-refractivity contribution in [1.82, 2.24) is 4.90 Å². The second kappa shape index (κ2) is 5.79. The Labute approximate surface area is 180 Å². The van der Waals surface area contributed by atoms with Crippen LogP contribution in [0.15, 0.2) is 24.3 Å². The number of methoxy groups -OCH3 is 2. The first-order valence-electron chi connectivity index (χ1n) is 11.1. The molecule has 3 heterocycles. The molecule has 0 aromatic heterocycles. The van der Waals surface area contributed by atoms with Crippen LogP contribution in [0.4, 0.5) is 10.5 Å². The molecule has 1 amide bonds. The van der Waals surface area contributed by atoms with Gasteiger partial charge in [0, 0.05) is 16.9 Å². The number of esters is 1. The third-order valence-corrected chi connectivity index (χ3v) is 9.38.